The summed E-state index contributed by atoms with van der Waals surface area (Å²) in [5.74, 6) is 1.52. The van der Waals surface area contributed by atoms with E-state index in [-0.39, 0.29) is 5.69 Å². The van der Waals surface area contributed by atoms with Gasteiger partial charge in [0.1, 0.15) is 5.69 Å². The zero-order valence-electron chi connectivity index (χ0n) is 5.54. The molecule has 0 amide bonds. The maximum absolute atomic E-state index is 12.6. The molecule has 0 unspecified atom stereocenters. The second kappa shape index (κ2) is 2.93. The van der Waals surface area contributed by atoms with Gasteiger partial charge in [-0.15, -0.1) is 6.42 Å². The summed E-state index contributed by atoms with van der Waals surface area (Å²) in [7, 11) is 0. The highest BCUT2D eigenvalue weighted by molar-refractivity contribution is 5.72. The molecule has 0 N–H and O–H groups in total. The molecule has 11 heavy (non-hydrogen) atoms. The number of halogens is 1. The van der Waals surface area contributed by atoms with Crippen LogP contribution in [0, 0.1) is 18.2 Å². The Balaban J connectivity index is 3.22. The Morgan fingerprint density at radius 1 is 1.73 bits per heavy atom. The lowest BCUT2D eigenvalue weighted by molar-refractivity contribution is 0.111. The molecular weight excluding hydrogens is 145 g/mol. The first kappa shape index (κ1) is 7.42. The van der Waals surface area contributed by atoms with Gasteiger partial charge in [-0.05, 0) is 6.07 Å². The van der Waals surface area contributed by atoms with Crippen LogP contribution < -0.4 is 0 Å². The molecule has 1 aromatic heterocycles. The minimum Gasteiger partial charge on any atom is -0.296 e. The number of carbonyl (C=O) groups excluding carboxylic acids is 1. The number of pyridine rings is 1. The largest absolute Gasteiger partial charge is 0.296 e. The van der Waals surface area contributed by atoms with Crippen LogP contribution in [-0.4, -0.2) is 11.3 Å². The van der Waals surface area contributed by atoms with Gasteiger partial charge in [-0.2, -0.15) is 0 Å². The zero-order chi connectivity index (χ0) is 8.27. The normalized spacial score (nSPS) is 8.73. The van der Waals surface area contributed by atoms with Gasteiger partial charge in [0.2, 0.25) is 0 Å². The van der Waals surface area contributed by atoms with Gasteiger partial charge in [0.05, 0.1) is 0 Å². The first-order valence-electron chi connectivity index (χ1n) is 2.85. The molecule has 2 nitrogen and oxygen atoms in total. The lowest BCUT2D eigenvalue weighted by Gasteiger charge is -1.92. The summed E-state index contributed by atoms with van der Waals surface area (Å²) >= 11 is 0. The van der Waals surface area contributed by atoms with Crippen molar-refractivity contribution < 1.29 is 9.18 Å². The SMILES string of the molecule is C#Cc1cnc(C=O)c(F)c1. The van der Waals surface area contributed by atoms with Crippen LogP contribution in [0.1, 0.15) is 16.1 Å². The van der Waals surface area contributed by atoms with Crippen LogP contribution in [0.25, 0.3) is 0 Å². The molecule has 0 aromatic carbocycles. The summed E-state index contributed by atoms with van der Waals surface area (Å²) in [4.78, 5) is 13.6. The van der Waals surface area contributed by atoms with E-state index < -0.39 is 5.82 Å². The van der Waals surface area contributed by atoms with Gasteiger partial charge in [0.25, 0.3) is 0 Å². The van der Waals surface area contributed by atoms with E-state index in [1.54, 1.807) is 0 Å². The number of terminal acetylenes is 1. The van der Waals surface area contributed by atoms with Crippen LogP contribution in [0.4, 0.5) is 4.39 Å². The number of carbonyl (C=O) groups is 1. The minimum absolute atomic E-state index is 0.219. The standard InChI is InChI=1S/C8H4FNO/c1-2-6-3-7(9)8(5-11)10-4-6/h1,3-5H. The van der Waals surface area contributed by atoms with Crippen molar-refractivity contribution in [1.82, 2.24) is 4.98 Å². The highest BCUT2D eigenvalue weighted by Gasteiger charge is 2.01. The van der Waals surface area contributed by atoms with Crippen molar-refractivity contribution in [2.24, 2.45) is 0 Å². The highest BCUT2D eigenvalue weighted by atomic mass is 19.1. The van der Waals surface area contributed by atoms with Gasteiger partial charge in [-0.3, -0.25) is 4.79 Å². The monoisotopic (exact) mass is 149 g/mol. The maximum atomic E-state index is 12.6. The molecule has 0 aliphatic heterocycles. The second-order valence-corrected chi connectivity index (χ2v) is 1.85. The van der Waals surface area contributed by atoms with Crippen LogP contribution in [0.5, 0.6) is 0 Å². The second-order valence-electron chi connectivity index (χ2n) is 1.85. The molecule has 0 spiro atoms. The third-order valence-electron chi connectivity index (χ3n) is 1.15. The van der Waals surface area contributed by atoms with Crippen molar-refractivity contribution in [3.63, 3.8) is 0 Å². The summed E-state index contributed by atoms with van der Waals surface area (Å²) < 4.78 is 12.6. The zero-order valence-corrected chi connectivity index (χ0v) is 5.54. The summed E-state index contributed by atoms with van der Waals surface area (Å²) in [6.45, 7) is 0. The maximum Gasteiger partial charge on any atom is 0.171 e. The summed E-state index contributed by atoms with van der Waals surface area (Å²) in [6.07, 6.45) is 6.58. The van der Waals surface area contributed by atoms with Crippen LogP contribution in [0.2, 0.25) is 0 Å². The molecule has 1 aromatic rings. The van der Waals surface area contributed by atoms with E-state index >= 15 is 0 Å². The number of hydrogen-bond acceptors (Lipinski definition) is 2. The Hall–Kier alpha value is -1.69. The highest BCUT2D eigenvalue weighted by Crippen LogP contribution is 2.03. The van der Waals surface area contributed by atoms with E-state index in [2.05, 4.69) is 10.9 Å². The molecule has 0 atom stereocenters. The van der Waals surface area contributed by atoms with Crippen molar-refractivity contribution >= 4 is 6.29 Å². The molecule has 1 heterocycles. The number of aromatic nitrogens is 1. The van der Waals surface area contributed by atoms with Crippen LogP contribution >= 0.6 is 0 Å². The third-order valence-corrected chi connectivity index (χ3v) is 1.15. The third kappa shape index (κ3) is 1.41. The van der Waals surface area contributed by atoms with Crippen molar-refractivity contribution in [3.05, 3.63) is 29.3 Å². The fourth-order valence-electron chi connectivity index (χ4n) is 0.614. The Morgan fingerprint density at radius 3 is 2.91 bits per heavy atom. The Morgan fingerprint density at radius 2 is 2.45 bits per heavy atom. The Labute approximate surface area is 63.1 Å². The molecule has 0 aliphatic rings. The van der Waals surface area contributed by atoms with E-state index in [0.29, 0.717) is 11.8 Å². The van der Waals surface area contributed by atoms with Gasteiger partial charge in [-0.1, -0.05) is 5.92 Å². The predicted molar refractivity (Wildman–Crippen MR) is 37.5 cm³/mol. The van der Waals surface area contributed by atoms with Crippen molar-refractivity contribution in [3.8, 4) is 12.3 Å². The first-order chi connectivity index (χ1) is 5.27. The van der Waals surface area contributed by atoms with Gasteiger partial charge < -0.3 is 0 Å². The smallest absolute Gasteiger partial charge is 0.171 e. The molecule has 1 rings (SSSR count). The molecule has 0 saturated carbocycles. The van der Waals surface area contributed by atoms with Crippen molar-refractivity contribution in [2.75, 3.05) is 0 Å². The quantitative estimate of drug-likeness (QED) is 0.440. The molecule has 0 bridgehead atoms. The number of rotatable bonds is 1. The van der Waals surface area contributed by atoms with Crippen molar-refractivity contribution in [2.45, 2.75) is 0 Å². The number of aldehydes is 1. The van der Waals surface area contributed by atoms with Gasteiger partial charge in [0, 0.05) is 11.8 Å². The van der Waals surface area contributed by atoms with Gasteiger partial charge in [-0.25, -0.2) is 9.37 Å². The summed E-state index contributed by atoms with van der Waals surface area (Å²) in [5.41, 5.74) is 0.108. The van der Waals surface area contributed by atoms with E-state index in [9.17, 15) is 9.18 Å². The first-order valence-corrected chi connectivity index (χ1v) is 2.85. The van der Waals surface area contributed by atoms with E-state index in [1.165, 1.54) is 6.20 Å². The predicted octanol–water partition coefficient (Wildman–Crippen LogP) is 1.01. The molecule has 0 aliphatic carbocycles. The fourth-order valence-corrected chi connectivity index (χ4v) is 0.614. The average molecular weight is 149 g/mol. The fraction of sp³-hybridized carbons (Fsp3) is 0. The lowest BCUT2D eigenvalue weighted by atomic mass is 10.2. The van der Waals surface area contributed by atoms with E-state index in [0.717, 1.165) is 6.07 Å². The van der Waals surface area contributed by atoms with Crippen molar-refractivity contribution in [1.29, 1.82) is 0 Å². The molecule has 0 saturated heterocycles. The molecule has 3 heteroatoms. The van der Waals surface area contributed by atoms with Gasteiger partial charge in [0.15, 0.2) is 12.1 Å². The minimum atomic E-state index is -0.685. The lowest BCUT2D eigenvalue weighted by Crippen LogP contribution is -1.92. The molecule has 0 fully saturated rings. The van der Waals surface area contributed by atoms with Crippen LogP contribution in [0.15, 0.2) is 12.3 Å². The topological polar surface area (TPSA) is 30.0 Å². The molecule has 0 radical (unpaired) electrons. The van der Waals surface area contributed by atoms with Crippen LogP contribution in [0.3, 0.4) is 0 Å². The van der Waals surface area contributed by atoms with Crippen LogP contribution in [-0.2, 0) is 0 Å². The van der Waals surface area contributed by atoms with E-state index in [4.69, 9.17) is 6.42 Å². The van der Waals surface area contributed by atoms with E-state index in [1.807, 2.05) is 0 Å². The molecular formula is C8H4FNO. The van der Waals surface area contributed by atoms with Gasteiger partial charge >= 0.3 is 0 Å². The molecule has 54 valence electrons. The Bertz CT molecular complexity index is 327. The Kier molecular flexibility index (Phi) is 1.98. The summed E-state index contributed by atoms with van der Waals surface area (Å²) in [6, 6.07) is 1.09. The number of nitrogens with zero attached hydrogens (tertiary/aromatic N) is 1. The average Bonchev–Trinajstić information content (AvgIpc) is 2.04. The summed E-state index contributed by atoms with van der Waals surface area (Å²) in [5, 5.41) is 0. The number of hydrogen-bond donors (Lipinski definition) is 0.